The molecular formula is C30H35N7O5S. The van der Waals surface area contributed by atoms with Gasteiger partial charge in [0.15, 0.2) is 0 Å². The van der Waals surface area contributed by atoms with Crippen LogP contribution in [0.1, 0.15) is 75.8 Å². The van der Waals surface area contributed by atoms with Gasteiger partial charge in [0.2, 0.25) is 0 Å². The Kier molecular flexibility index (Phi) is 8.90. The molecule has 0 spiro atoms. The van der Waals surface area contributed by atoms with Gasteiger partial charge in [-0.1, -0.05) is 30.3 Å². The molecule has 0 radical (unpaired) electrons. The number of carbonyl (C=O) groups excluding carboxylic acids is 3. The van der Waals surface area contributed by atoms with Gasteiger partial charge in [-0.3, -0.25) is 25.2 Å². The number of nitrogens with zero attached hydrogens (tertiary/aromatic N) is 4. The lowest BCUT2D eigenvalue weighted by Crippen LogP contribution is -2.61. The van der Waals surface area contributed by atoms with Crippen molar-refractivity contribution in [3.8, 4) is 0 Å². The number of amides is 4. The molecule has 2 saturated heterocycles. The second kappa shape index (κ2) is 12.8. The first-order valence-electron chi connectivity index (χ1n) is 14.3. The zero-order chi connectivity index (χ0) is 30.6. The highest BCUT2D eigenvalue weighted by molar-refractivity contribution is 7.09. The molecule has 2 aliphatic rings. The highest BCUT2D eigenvalue weighted by Gasteiger charge is 2.36. The van der Waals surface area contributed by atoms with Crippen molar-refractivity contribution in [1.82, 2.24) is 31.0 Å². The average molecular weight is 606 g/mol. The van der Waals surface area contributed by atoms with E-state index in [1.807, 2.05) is 23.3 Å². The number of thiazole rings is 1. The van der Waals surface area contributed by atoms with Crippen LogP contribution in [0.4, 0.5) is 10.6 Å². The van der Waals surface area contributed by atoms with Gasteiger partial charge in [0.1, 0.15) is 22.1 Å². The molecule has 0 bridgehead atoms. The van der Waals surface area contributed by atoms with Crippen molar-refractivity contribution in [3.63, 3.8) is 0 Å². The minimum atomic E-state index is -1.58. The summed E-state index contributed by atoms with van der Waals surface area (Å²) in [4.78, 5) is 64.9. The third-order valence-corrected chi connectivity index (χ3v) is 8.79. The van der Waals surface area contributed by atoms with Gasteiger partial charge in [0, 0.05) is 42.7 Å². The second-order valence-corrected chi connectivity index (χ2v) is 12.0. The molecule has 4 amide bonds. The molecule has 0 unspecified atom stereocenters. The van der Waals surface area contributed by atoms with Crippen LogP contribution in [0.3, 0.4) is 0 Å². The minimum absolute atomic E-state index is 0.0372. The van der Waals surface area contributed by atoms with Crippen LogP contribution in [-0.4, -0.2) is 69.0 Å². The molecule has 0 saturated carbocycles. The summed E-state index contributed by atoms with van der Waals surface area (Å²) in [5, 5.41) is 14.5. The molecule has 43 heavy (non-hydrogen) atoms. The Morgan fingerprint density at radius 2 is 1.77 bits per heavy atom. The smallest absolute Gasteiger partial charge is 0.405 e. The number of hydrogen-bond acceptors (Lipinski definition) is 8. The Bertz CT molecular complexity index is 1510. The first kappa shape index (κ1) is 30.0. The number of anilines is 1. The Morgan fingerprint density at radius 3 is 2.44 bits per heavy atom. The molecule has 12 nitrogen and oxygen atoms in total. The van der Waals surface area contributed by atoms with Crippen molar-refractivity contribution in [3.05, 3.63) is 75.4 Å². The number of hydrogen-bond donors (Lipinski definition) is 4. The van der Waals surface area contributed by atoms with Crippen LogP contribution in [0.5, 0.6) is 0 Å². The average Bonchev–Trinajstić information content (AvgIpc) is 3.77. The molecule has 4 heterocycles. The van der Waals surface area contributed by atoms with Crippen molar-refractivity contribution in [2.45, 2.75) is 57.5 Å². The first-order chi connectivity index (χ1) is 20.6. The van der Waals surface area contributed by atoms with E-state index >= 15 is 0 Å². The van der Waals surface area contributed by atoms with Crippen LogP contribution in [0, 0.1) is 6.92 Å². The highest BCUT2D eigenvalue weighted by atomic mass is 32.1. The van der Waals surface area contributed by atoms with Gasteiger partial charge in [-0.15, -0.1) is 11.3 Å². The van der Waals surface area contributed by atoms with Crippen molar-refractivity contribution in [2.24, 2.45) is 0 Å². The van der Waals surface area contributed by atoms with Crippen LogP contribution in [0.15, 0.2) is 47.8 Å². The summed E-state index contributed by atoms with van der Waals surface area (Å²) in [6.45, 7) is 5.46. The SMILES string of the molecule is Cc1csc([C@H]2CCCN2C(=O)c2cc(C(=O)NNC(=O)[C@@](C)(Cc3ccccc3)NC(=O)O)nc(N3CCCC3)c2)n1. The summed E-state index contributed by atoms with van der Waals surface area (Å²) in [7, 11) is 0. The minimum Gasteiger partial charge on any atom is -0.465 e. The van der Waals surface area contributed by atoms with Crippen LogP contribution < -0.4 is 21.1 Å². The van der Waals surface area contributed by atoms with E-state index < -0.39 is 23.4 Å². The standard InChI is InChI=1S/C30H35N7O5S/c1-19-18-43-26(31-19)23-11-8-14-37(23)27(39)21-15-22(32-24(16-21)36-12-6-7-13-36)25(38)34-35-28(40)30(2,33-29(41)42)17-20-9-4-3-5-10-20/h3-5,9-10,15-16,18,23,33H,6-8,11-14,17H2,1-2H3,(H,34,38)(H,35,40)(H,41,42)/t23-,30-/m1/s1. The van der Waals surface area contributed by atoms with Crippen molar-refractivity contribution in [1.29, 1.82) is 0 Å². The quantitative estimate of drug-likeness (QED) is 0.285. The van der Waals surface area contributed by atoms with Crippen LogP contribution in [0.2, 0.25) is 0 Å². The predicted octanol–water partition coefficient (Wildman–Crippen LogP) is 3.45. The summed E-state index contributed by atoms with van der Waals surface area (Å²) >= 11 is 1.54. The Hall–Kier alpha value is -4.52. The summed E-state index contributed by atoms with van der Waals surface area (Å²) < 4.78 is 0. The van der Waals surface area contributed by atoms with E-state index in [1.54, 1.807) is 35.2 Å². The number of rotatable bonds is 8. The molecule has 226 valence electrons. The number of pyridine rings is 1. The number of aryl methyl sites for hydroxylation is 1. The molecule has 0 aliphatic carbocycles. The molecule has 2 atom stereocenters. The Labute approximate surface area is 253 Å². The lowest BCUT2D eigenvalue weighted by molar-refractivity contribution is -0.127. The normalized spacial score (nSPS) is 17.8. The third kappa shape index (κ3) is 6.94. The number of aromatic nitrogens is 2. The van der Waals surface area contributed by atoms with E-state index in [1.165, 1.54) is 24.3 Å². The number of nitrogens with one attached hydrogen (secondary N) is 3. The maximum Gasteiger partial charge on any atom is 0.405 e. The number of hydrazine groups is 1. The molecule has 13 heteroatoms. The van der Waals surface area contributed by atoms with Gasteiger partial charge >= 0.3 is 6.09 Å². The second-order valence-electron chi connectivity index (χ2n) is 11.1. The lowest BCUT2D eigenvalue weighted by atomic mass is 9.92. The van der Waals surface area contributed by atoms with Crippen molar-refractivity contribution >= 4 is 41.0 Å². The summed E-state index contributed by atoms with van der Waals surface area (Å²) in [6.07, 6.45) is 2.30. The Balaban J connectivity index is 1.36. The molecular weight excluding hydrogens is 570 g/mol. The number of likely N-dealkylation sites (tertiary alicyclic amines) is 1. The zero-order valence-corrected chi connectivity index (χ0v) is 24.9. The van der Waals surface area contributed by atoms with E-state index in [2.05, 4.69) is 26.1 Å². The van der Waals surface area contributed by atoms with Gasteiger partial charge in [0.25, 0.3) is 17.7 Å². The van der Waals surface area contributed by atoms with Crippen LogP contribution >= 0.6 is 11.3 Å². The maximum atomic E-state index is 13.8. The summed E-state index contributed by atoms with van der Waals surface area (Å²) in [5.41, 5.74) is 5.08. The summed E-state index contributed by atoms with van der Waals surface area (Å²) in [5.74, 6) is -1.17. The molecule has 1 aromatic carbocycles. The van der Waals surface area contributed by atoms with E-state index in [9.17, 15) is 24.3 Å². The Morgan fingerprint density at radius 1 is 1.02 bits per heavy atom. The fourth-order valence-corrected chi connectivity index (χ4v) is 6.50. The molecule has 2 fully saturated rings. The zero-order valence-electron chi connectivity index (χ0n) is 24.1. The summed E-state index contributed by atoms with van der Waals surface area (Å²) in [6, 6.07) is 12.0. The van der Waals surface area contributed by atoms with Crippen LogP contribution in [0.25, 0.3) is 0 Å². The number of carbonyl (C=O) groups is 4. The monoisotopic (exact) mass is 605 g/mol. The fraction of sp³-hybridized carbons (Fsp3) is 0.400. The first-order valence-corrected chi connectivity index (χ1v) is 15.2. The van der Waals surface area contributed by atoms with E-state index in [4.69, 9.17) is 0 Å². The highest BCUT2D eigenvalue weighted by Crippen LogP contribution is 2.35. The number of benzene rings is 1. The van der Waals surface area contributed by atoms with Crippen molar-refractivity contribution < 1.29 is 24.3 Å². The lowest BCUT2D eigenvalue weighted by Gasteiger charge is -2.28. The van der Waals surface area contributed by atoms with Gasteiger partial charge in [-0.2, -0.15) is 0 Å². The maximum absolute atomic E-state index is 13.8. The van der Waals surface area contributed by atoms with Crippen molar-refractivity contribution in [2.75, 3.05) is 24.5 Å². The van der Waals surface area contributed by atoms with Gasteiger partial charge in [-0.05, 0) is 57.2 Å². The molecule has 2 aromatic heterocycles. The topological polar surface area (TPSA) is 157 Å². The predicted molar refractivity (Wildman–Crippen MR) is 161 cm³/mol. The van der Waals surface area contributed by atoms with E-state index in [0.29, 0.717) is 17.9 Å². The molecule has 5 rings (SSSR count). The molecule has 2 aliphatic heterocycles. The van der Waals surface area contributed by atoms with Gasteiger partial charge < -0.3 is 20.2 Å². The fourth-order valence-electron chi connectivity index (χ4n) is 5.56. The largest absolute Gasteiger partial charge is 0.465 e. The number of carboxylic acid groups (broad SMARTS) is 1. The third-order valence-electron chi connectivity index (χ3n) is 7.73. The molecule has 4 N–H and O–H groups in total. The molecule has 3 aromatic rings. The van der Waals surface area contributed by atoms with Crippen LogP contribution in [-0.2, 0) is 11.2 Å². The van der Waals surface area contributed by atoms with Gasteiger partial charge in [-0.25, -0.2) is 14.8 Å². The van der Waals surface area contributed by atoms with E-state index in [-0.39, 0.29) is 24.1 Å². The van der Waals surface area contributed by atoms with Gasteiger partial charge in [0.05, 0.1) is 6.04 Å². The van der Waals surface area contributed by atoms with E-state index in [0.717, 1.165) is 55.0 Å².